The van der Waals surface area contributed by atoms with Gasteiger partial charge in [0.05, 0.1) is 11.9 Å². The molecule has 0 atom stereocenters. The number of thiophene rings is 1. The third-order valence-corrected chi connectivity index (χ3v) is 3.35. The Hall–Kier alpha value is -1.95. The molecule has 0 aliphatic rings. The second kappa shape index (κ2) is 4.92. The van der Waals surface area contributed by atoms with Crippen LogP contribution in [0.4, 0.5) is 5.69 Å². The fourth-order valence-corrected chi connectivity index (χ4v) is 2.24. The van der Waals surface area contributed by atoms with Crippen LogP contribution in [0, 0.1) is 6.92 Å². The van der Waals surface area contributed by atoms with E-state index in [-0.39, 0.29) is 5.69 Å². The van der Waals surface area contributed by atoms with Gasteiger partial charge in [-0.15, -0.1) is 11.3 Å². The van der Waals surface area contributed by atoms with Gasteiger partial charge < -0.3 is 10.4 Å². The zero-order chi connectivity index (χ0) is 12.3. The van der Waals surface area contributed by atoms with E-state index in [9.17, 15) is 4.79 Å². The number of carboxylic acids is 1. The average molecular weight is 249 g/mol. The highest BCUT2D eigenvalue weighted by Gasteiger charge is 2.11. The molecule has 5 nitrogen and oxygen atoms in total. The van der Waals surface area contributed by atoms with Crippen LogP contribution in [0.2, 0.25) is 0 Å². The molecule has 2 N–H and O–H groups in total. The van der Waals surface area contributed by atoms with Crippen LogP contribution >= 0.6 is 11.3 Å². The summed E-state index contributed by atoms with van der Waals surface area (Å²) < 4.78 is 0. The first kappa shape index (κ1) is 11.5. The maximum Gasteiger partial charge on any atom is 0.356 e. The molecule has 2 aromatic rings. The second-order valence-electron chi connectivity index (χ2n) is 3.47. The van der Waals surface area contributed by atoms with Crippen LogP contribution in [0.3, 0.4) is 0 Å². The minimum atomic E-state index is -1.06. The average Bonchev–Trinajstić information content (AvgIpc) is 2.72. The Labute approximate surface area is 102 Å². The first-order valence-electron chi connectivity index (χ1n) is 4.98. The van der Waals surface area contributed by atoms with Crippen molar-refractivity contribution in [1.29, 1.82) is 0 Å². The van der Waals surface area contributed by atoms with E-state index in [2.05, 4.69) is 15.3 Å². The van der Waals surface area contributed by atoms with Gasteiger partial charge in [0.2, 0.25) is 0 Å². The normalized spacial score (nSPS) is 10.2. The van der Waals surface area contributed by atoms with Crippen LogP contribution in [0.25, 0.3) is 0 Å². The van der Waals surface area contributed by atoms with Gasteiger partial charge in [-0.25, -0.2) is 14.8 Å². The van der Waals surface area contributed by atoms with E-state index < -0.39 is 5.97 Å². The van der Waals surface area contributed by atoms with Crippen molar-refractivity contribution >= 4 is 23.0 Å². The molecule has 0 aliphatic carbocycles. The first-order valence-corrected chi connectivity index (χ1v) is 5.86. The number of aromatic carboxylic acids is 1. The molecule has 17 heavy (non-hydrogen) atoms. The van der Waals surface area contributed by atoms with Gasteiger partial charge in [-0.3, -0.25) is 0 Å². The summed E-state index contributed by atoms with van der Waals surface area (Å²) in [5, 5.41) is 14.0. The lowest BCUT2D eigenvalue weighted by Gasteiger charge is -2.07. The molecule has 2 rings (SSSR count). The van der Waals surface area contributed by atoms with Crippen molar-refractivity contribution in [2.24, 2.45) is 0 Å². The number of hydrogen-bond donors (Lipinski definition) is 2. The number of nitrogens with one attached hydrogen (secondary N) is 1. The van der Waals surface area contributed by atoms with E-state index in [4.69, 9.17) is 5.11 Å². The maximum atomic E-state index is 10.9. The van der Waals surface area contributed by atoms with Gasteiger partial charge in [-0.2, -0.15) is 0 Å². The van der Waals surface area contributed by atoms with Crippen molar-refractivity contribution in [2.75, 3.05) is 5.32 Å². The molecule has 0 saturated heterocycles. The third kappa shape index (κ3) is 2.59. The number of anilines is 1. The first-order chi connectivity index (χ1) is 8.18. The minimum absolute atomic E-state index is 0.00536. The summed E-state index contributed by atoms with van der Waals surface area (Å²) in [6.45, 7) is 2.60. The fraction of sp³-hybridized carbons (Fsp3) is 0.182. The Morgan fingerprint density at radius 3 is 3.06 bits per heavy atom. The van der Waals surface area contributed by atoms with E-state index >= 15 is 0 Å². The molecule has 0 aromatic carbocycles. The smallest absolute Gasteiger partial charge is 0.356 e. The molecule has 0 spiro atoms. The number of hydrogen-bond acceptors (Lipinski definition) is 5. The van der Waals surface area contributed by atoms with Gasteiger partial charge in [0.1, 0.15) is 6.33 Å². The van der Waals surface area contributed by atoms with Crippen molar-refractivity contribution in [3.8, 4) is 0 Å². The van der Waals surface area contributed by atoms with Crippen LogP contribution in [-0.2, 0) is 6.54 Å². The van der Waals surface area contributed by atoms with E-state index in [1.807, 2.05) is 18.4 Å². The van der Waals surface area contributed by atoms with E-state index in [1.54, 1.807) is 11.3 Å². The lowest BCUT2D eigenvalue weighted by atomic mass is 10.3. The van der Waals surface area contributed by atoms with Gasteiger partial charge in [0.15, 0.2) is 5.69 Å². The topological polar surface area (TPSA) is 75.1 Å². The SMILES string of the molecule is Cc1ccsc1CNc1cncnc1C(=O)O. The molecule has 0 bridgehead atoms. The van der Waals surface area contributed by atoms with E-state index in [1.165, 1.54) is 23.0 Å². The van der Waals surface area contributed by atoms with Crippen molar-refractivity contribution < 1.29 is 9.90 Å². The Morgan fingerprint density at radius 1 is 1.59 bits per heavy atom. The summed E-state index contributed by atoms with van der Waals surface area (Å²) in [5.74, 6) is -1.06. The monoisotopic (exact) mass is 249 g/mol. The zero-order valence-corrected chi connectivity index (χ0v) is 9.99. The number of rotatable bonds is 4. The molecule has 0 radical (unpaired) electrons. The van der Waals surface area contributed by atoms with Crippen LogP contribution in [-0.4, -0.2) is 21.0 Å². The number of carbonyl (C=O) groups is 1. The van der Waals surface area contributed by atoms with Crippen LogP contribution in [0.5, 0.6) is 0 Å². The summed E-state index contributed by atoms with van der Waals surface area (Å²) in [6, 6.07) is 2.03. The number of aryl methyl sites for hydroxylation is 1. The van der Waals surface area contributed by atoms with Crippen molar-refractivity contribution in [2.45, 2.75) is 13.5 Å². The largest absolute Gasteiger partial charge is 0.476 e. The molecule has 0 unspecified atom stereocenters. The molecule has 0 saturated carbocycles. The molecule has 6 heteroatoms. The second-order valence-corrected chi connectivity index (χ2v) is 4.47. The Balaban J connectivity index is 2.14. The quantitative estimate of drug-likeness (QED) is 0.868. The highest BCUT2D eigenvalue weighted by atomic mass is 32.1. The van der Waals surface area contributed by atoms with Crippen LogP contribution < -0.4 is 5.32 Å². The summed E-state index contributed by atoms with van der Waals surface area (Å²) in [4.78, 5) is 19.6. The Kier molecular flexibility index (Phi) is 3.34. The zero-order valence-electron chi connectivity index (χ0n) is 9.17. The van der Waals surface area contributed by atoms with E-state index in [0.717, 1.165) is 0 Å². The summed E-state index contributed by atoms with van der Waals surface area (Å²) in [6.07, 6.45) is 2.70. The van der Waals surface area contributed by atoms with Gasteiger partial charge in [-0.1, -0.05) is 0 Å². The van der Waals surface area contributed by atoms with Crippen molar-refractivity contribution in [1.82, 2.24) is 9.97 Å². The van der Waals surface area contributed by atoms with Gasteiger partial charge in [0, 0.05) is 11.4 Å². The summed E-state index contributed by atoms with van der Waals surface area (Å²) >= 11 is 1.63. The molecule has 0 aliphatic heterocycles. The molecular weight excluding hydrogens is 238 g/mol. The third-order valence-electron chi connectivity index (χ3n) is 2.32. The van der Waals surface area contributed by atoms with Crippen LogP contribution in [0.1, 0.15) is 20.9 Å². The molecule has 2 aromatic heterocycles. The summed E-state index contributed by atoms with van der Waals surface area (Å²) in [5.41, 5.74) is 1.62. The van der Waals surface area contributed by atoms with E-state index in [0.29, 0.717) is 12.2 Å². The Bertz CT molecular complexity index is 539. The van der Waals surface area contributed by atoms with Crippen molar-refractivity contribution in [3.63, 3.8) is 0 Å². The molecule has 0 fully saturated rings. The lowest BCUT2D eigenvalue weighted by molar-refractivity contribution is 0.0691. The van der Waals surface area contributed by atoms with Gasteiger partial charge in [0.25, 0.3) is 0 Å². The number of aromatic nitrogens is 2. The molecule has 0 amide bonds. The van der Waals surface area contributed by atoms with Gasteiger partial charge >= 0.3 is 5.97 Å². The highest BCUT2D eigenvalue weighted by molar-refractivity contribution is 7.10. The predicted molar refractivity (Wildman–Crippen MR) is 65.4 cm³/mol. The molecule has 2 heterocycles. The fourth-order valence-electron chi connectivity index (χ4n) is 1.39. The minimum Gasteiger partial charge on any atom is -0.476 e. The number of carboxylic acid groups (broad SMARTS) is 1. The predicted octanol–water partition coefficient (Wildman–Crippen LogP) is 2.16. The molecular formula is C11H11N3O2S. The molecule has 88 valence electrons. The van der Waals surface area contributed by atoms with Crippen LogP contribution in [0.15, 0.2) is 24.0 Å². The van der Waals surface area contributed by atoms with Gasteiger partial charge in [-0.05, 0) is 23.9 Å². The lowest BCUT2D eigenvalue weighted by Crippen LogP contribution is -2.08. The number of nitrogens with zero attached hydrogens (tertiary/aromatic N) is 2. The Morgan fingerprint density at radius 2 is 2.41 bits per heavy atom. The standard InChI is InChI=1S/C11H11N3O2S/c1-7-2-3-17-9(7)5-13-8-4-12-6-14-10(8)11(15)16/h2-4,6,13H,5H2,1H3,(H,15,16). The maximum absolute atomic E-state index is 10.9. The van der Waals surface area contributed by atoms with Crippen molar-refractivity contribution in [3.05, 3.63) is 40.1 Å². The summed E-state index contributed by atoms with van der Waals surface area (Å²) in [7, 11) is 0. The highest BCUT2D eigenvalue weighted by Crippen LogP contribution is 2.18.